The summed E-state index contributed by atoms with van der Waals surface area (Å²) >= 11 is 0. The van der Waals surface area contributed by atoms with Gasteiger partial charge in [-0.3, -0.25) is 0 Å². The molecule has 96 valence electrons. The zero-order valence-electron chi connectivity index (χ0n) is 10.8. The van der Waals surface area contributed by atoms with Crippen LogP contribution in [0.5, 0.6) is 0 Å². The lowest BCUT2D eigenvalue weighted by Gasteiger charge is -2.04. The number of benzene rings is 1. The van der Waals surface area contributed by atoms with Crippen LogP contribution in [0.15, 0.2) is 48.7 Å². The van der Waals surface area contributed by atoms with Gasteiger partial charge in [-0.1, -0.05) is 30.0 Å². The van der Waals surface area contributed by atoms with Crippen molar-refractivity contribution in [1.29, 1.82) is 0 Å². The molecule has 0 amide bonds. The Bertz CT molecular complexity index is 602. The molecule has 1 aromatic carbocycles. The van der Waals surface area contributed by atoms with Crippen molar-refractivity contribution in [2.75, 3.05) is 6.61 Å². The molecule has 0 fully saturated rings. The summed E-state index contributed by atoms with van der Waals surface area (Å²) in [6.07, 6.45) is 1.83. The van der Waals surface area contributed by atoms with E-state index in [9.17, 15) is 4.79 Å². The molecule has 2 aromatic rings. The maximum atomic E-state index is 11.7. The third-order valence-electron chi connectivity index (χ3n) is 2.57. The SMILES string of the molecule is CCOC(=O)c1cccn1CC#Cc1ccccc1. The van der Waals surface area contributed by atoms with Crippen LogP contribution in [0.25, 0.3) is 0 Å². The second-order valence-electron chi connectivity index (χ2n) is 3.91. The van der Waals surface area contributed by atoms with E-state index >= 15 is 0 Å². The molecule has 0 bridgehead atoms. The number of rotatable bonds is 3. The van der Waals surface area contributed by atoms with Gasteiger partial charge in [0.2, 0.25) is 0 Å². The highest BCUT2D eigenvalue weighted by atomic mass is 16.5. The molecule has 0 saturated carbocycles. The molecule has 3 nitrogen and oxygen atoms in total. The van der Waals surface area contributed by atoms with Crippen LogP contribution in [0.4, 0.5) is 0 Å². The van der Waals surface area contributed by atoms with Crippen LogP contribution in [-0.2, 0) is 11.3 Å². The van der Waals surface area contributed by atoms with Gasteiger partial charge < -0.3 is 9.30 Å². The van der Waals surface area contributed by atoms with Crippen molar-refractivity contribution in [2.45, 2.75) is 13.5 Å². The van der Waals surface area contributed by atoms with Gasteiger partial charge in [0.05, 0.1) is 13.2 Å². The summed E-state index contributed by atoms with van der Waals surface area (Å²) in [6.45, 7) is 2.64. The first-order valence-corrected chi connectivity index (χ1v) is 6.17. The van der Waals surface area contributed by atoms with Crippen LogP contribution >= 0.6 is 0 Å². The summed E-state index contributed by atoms with van der Waals surface area (Å²) in [5.41, 5.74) is 1.50. The van der Waals surface area contributed by atoms with Gasteiger partial charge in [-0.05, 0) is 31.2 Å². The van der Waals surface area contributed by atoms with Gasteiger partial charge in [0, 0.05) is 11.8 Å². The molecular weight excluding hydrogens is 238 g/mol. The lowest BCUT2D eigenvalue weighted by Crippen LogP contribution is -2.11. The molecule has 3 heteroatoms. The van der Waals surface area contributed by atoms with Gasteiger partial charge in [-0.25, -0.2) is 4.79 Å². The smallest absolute Gasteiger partial charge is 0.354 e. The highest BCUT2D eigenvalue weighted by molar-refractivity contribution is 5.87. The predicted octanol–water partition coefficient (Wildman–Crippen LogP) is 2.72. The maximum Gasteiger partial charge on any atom is 0.354 e. The van der Waals surface area contributed by atoms with E-state index in [1.165, 1.54) is 0 Å². The Morgan fingerprint density at radius 3 is 2.74 bits per heavy atom. The topological polar surface area (TPSA) is 31.2 Å². The van der Waals surface area contributed by atoms with Crippen LogP contribution < -0.4 is 0 Å². The van der Waals surface area contributed by atoms with Crippen molar-refractivity contribution < 1.29 is 9.53 Å². The van der Waals surface area contributed by atoms with Crippen LogP contribution in [0.3, 0.4) is 0 Å². The Hall–Kier alpha value is -2.47. The van der Waals surface area contributed by atoms with Gasteiger partial charge in [0.1, 0.15) is 5.69 Å². The number of esters is 1. The Labute approximate surface area is 112 Å². The van der Waals surface area contributed by atoms with Gasteiger partial charge in [-0.15, -0.1) is 0 Å². The number of carbonyl (C=O) groups excluding carboxylic acids is 1. The van der Waals surface area contributed by atoms with E-state index in [2.05, 4.69) is 11.8 Å². The van der Waals surface area contributed by atoms with Gasteiger partial charge in [0.15, 0.2) is 0 Å². The average Bonchev–Trinajstić information content (AvgIpc) is 2.89. The number of hydrogen-bond acceptors (Lipinski definition) is 2. The first-order chi connectivity index (χ1) is 9.31. The van der Waals surface area contributed by atoms with Gasteiger partial charge in [-0.2, -0.15) is 0 Å². The first-order valence-electron chi connectivity index (χ1n) is 6.17. The third-order valence-corrected chi connectivity index (χ3v) is 2.57. The fourth-order valence-corrected chi connectivity index (χ4v) is 1.69. The highest BCUT2D eigenvalue weighted by Gasteiger charge is 2.10. The molecule has 0 saturated heterocycles. The Morgan fingerprint density at radius 2 is 2.00 bits per heavy atom. The van der Waals surface area contributed by atoms with Crippen molar-refractivity contribution in [1.82, 2.24) is 4.57 Å². The predicted molar refractivity (Wildman–Crippen MR) is 73.7 cm³/mol. The van der Waals surface area contributed by atoms with Crippen molar-refractivity contribution in [3.63, 3.8) is 0 Å². The van der Waals surface area contributed by atoms with E-state index in [4.69, 9.17) is 4.74 Å². The molecule has 1 aromatic heterocycles. The van der Waals surface area contributed by atoms with E-state index in [1.54, 1.807) is 17.6 Å². The number of carbonyl (C=O) groups is 1. The molecule has 1 heterocycles. The van der Waals surface area contributed by atoms with E-state index in [-0.39, 0.29) is 5.97 Å². The van der Waals surface area contributed by atoms with Crippen molar-refractivity contribution in [2.24, 2.45) is 0 Å². The van der Waals surface area contributed by atoms with Crippen LogP contribution in [0.1, 0.15) is 23.0 Å². The highest BCUT2D eigenvalue weighted by Crippen LogP contribution is 2.04. The lowest BCUT2D eigenvalue weighted by atomic mass is 10.2. The first kappa shape index (κ1) is 13.0. The number of ether oxygens (including phenoxy) is 1. The zero-order chi connectivity index (χ0) is 13.5. The molecule has 0 aliphatic rings. The second-order valence-corrected chi connectivity index (χ2v) is 3.91. The fourth-order valence-electron chi connectivity index (χ4n) is 1.69. The third kappa shape index (κ3) is 3.49. The minimum absolute atomic E-state index is 0.311. The maximum absolute atomic E-state index is 11.7. The molecule has 2 rings (SSSR count). The number of nitrogens with zero attached hydrogens (tertiary/aromatic N) is 1. The number of hydrogen-bond donors (Lipinski definition) is 0. The van der Waals surface area contributed by atoms with Crippen molar-refractivity contribution in [3.05, 3.63) is 59.9 Å². The molecule has 0 N–H and O–H groups in total. The van der Waals surface area contributed by atoms with Crippen LogP contribution in [0.2, 0.25) is 0 Å². The normalized spacial score (nSPS) is 9.53. The fraction of sp³-hybridized carbons (Fsp3) is 0.188. The van der Waals surface area contributed by atoms with Gasteiger partial charge >= 0.3 is 5.97 Å². The minimum Gasteiger partial charge on any atom is -0.461 e. The Morgan fingerprint density at radius 1 is 1.21 bits per heavy atom. The molecule has 0 aliphatic carbocycles. The lowest BCUT2D eigenvalue weighted by molar-refractivity contribution is 0.0514. The standard InChI is InChI=1S/C16H15NO2/c1-2-19-16(18)15-11-7-13-17(15)12-6-10-14-8-4-3-5-9-14/h3-5,7-9,11,13H,2,12H2,1H3. The quantitative estimate of drug-likeness (QED) is 0.622. The molecule has 0 unspecified atom stereocenters. The summed E-state index contributed by atoms with van der Waals surface area (Å²) < 4.78 is 6.77. The Balaban J connectivity index is 2.07. The molecule has 0 atom stereocenters. The minimum atomic E-state index is -0.311. The summed E-state index contributed by atoms with van der Waals surface area (Å²) in [4.78, 5) is 11.7. The molecule has 19 heavy (non-hydrogen) atoms. The Kier molecular flexibility index (Phi) is 4.41. The van der Waals surface area contributed by atoms with Crippen molar-refractivity contribution in [3.8, 4) is 11.8 Å². The van der Waals surface area contributed by atoms with Crippen LogP contribution in [-0.4, -0.2) is 17.1 Å². The van der Waals surface area contributed by atoms with Crippen molar-refractivity contribution >= 4 is 5.97 Å². The van der Waals surface area contributed by atoms with E-state index in [0.717, 1.165) is 5.56 Å². The van der Waals surface area contributed by atoms with Gasteiger partial charge in [0.25, 0.3) is 0 Å². The largest absolute Gasteiger partial charge is 0.461 e. The summed E-state index contributed by atoms with van der Waals surface area (Å²) in [5, 5.41) is 0. The molecule has 0 aliphatic heterocycles. The second kappa shape index (κ2) is 6.46. The van der Waals surface area contributed by atoms with E-state index < -0.39 is 0 Å². The molecule has 0 spiro atoms. The van der Waals surface area contributed by atoms with Crippen LogP contribution in [0, 0.1) is 11.8 Å². The zero-order valence-corrected chi connectivity index (χ0v) is 10.8. The average molecular weight is 253 g/mol. The monoisotopic (exact) mass is 253 g/mol. The summed E-state index contributed by atoms with van der Waals surface area (Å²) in [7, 11) is 0. The summed E-state index contributed by atoms with van der Waals surface area (Å²) in [6, 6.07) is 13.3. The summed E-state index contributed by atoms with van der Waals surface area (Å²) in [5.74, 6) is 5.79. The van der Waals surface area contributed by atoms with E-state index in [1.807, 2.05) is 42.6 Å². The van der Waals surface area contributed by atoms with E-state index in [0.29, 0.717) is 18.8 Å². The molecular formula is C16H15NO2. The number of aromatic nitrogens is 1. The molecule has 0 radical (unpaired) electrons.